The predicted octanol–water partition coefficient (Wildman–Crippen LogP) is 3.19. The van der Waals surface area contributed by atoms with Crippen molar-refractivity contribution in [3.8, 4) is 0 Å². The maximum absolute atomic E-state index is 5.55. The number of hydrogen-bond donors (Lipinski definition) is 0. The molecule has 0 aromatic heterocycles. The lowest BCUT2D eigenvalue weighted by Gasteiger charge is -2.34. The van der Waals surface area contributed by atoms with Crippen LogP contribution in [0.1, 0.15) is 33.6 Å². The Morgan fingerprint density at radius 3 is 2.62 bits per heavy atom. The second kappa shape index (κ2) is 4.70. The maximum Gasteiger partial charge on any atom is 0.0505 e. The number of hydrogen-bond acceptors (Lipinski definition) is 2. The van der Waals surface area contributed by atoms with Gasteiger partial charge in [0, 0.05) is 11.9 Å². The van der Waals surface area contributed by atoms with Crippen LogP contribution in [0.25, 0.3) is 0 Å². The van der Waals surface area contributed by atoms with E-state index in [2.05, 4.69) is 27.0 Å². The van der Waals surface area contributed by atoms with Crippen LogP contribution < -0.4 is 0 Å². The van der Waals surface area contributed by atoms with E-state index >= 15 is 0 Å². The molecule has 1 aliphatic heterocycles. The zero-order valence-corrected chi connectivity index (χ0v) is 10.1. The van der Waals surface area contributed by atoms with Gasteiger partial charge in [-0.3, -0.25) is 0 Å². The highest BCUT2D eigenvalue weighted by atomic mass is 32.2. The van der Waals surface area contributed by atoms with Gasteiger partial charge in [0.15, 0.2) is 0 Å². The second-order valence-corrected chi connectivity index (χ2v) is 6.24. The van der Waals surface area contributed by atoms with Crippen molar-refractivity contribution >= 4 is 11.8 Å². The molecule has 0 bridgehead atoms. The molecule has 2 heteroatoms. The fourth-order valence-electron chi connectivity index (χ4n) is 2.06. The first-order chi connectivity index (χ1) is 6.03. The van der Waals surface area contributed by atoms with Gasteiger partial charge in [0.1, 0.15) is 0 Å². The van der Waals surface area contributed by atoms with Crippen molar-refractivity contribution in [3.63, 3.8) is 0 Å². The molecule has 0 spiro atoms. The Balaban J connectivity index is 2.45. The zero-order valence-electron chi connectivity index (χ0n) is 9.30. The van der Waals surface area contributed by atoms with Gasteiger partial charge < -0.3 is 4.74 Å². The molecule has 0 N–H and O–H groups in total. The standard InChI is InChI=1S/C11H22OS/c1-11(2,3)7-9-8-12-6-5-10(9)13-4/h9-10H,5-8H2,1-4H3. The van der Waals surface area contributed by atoms with E-state index in [0.29, 0.717) is 5.41 Å². The topological polar surface area (TPSA) is 9.23 Å². The Morgan fingerprint density at radius 1 is 1.38 bits per heavy atom. The minimum Gasteiger partial charge on any atom is -0.381 e. The minimum atomic E-state index is 0.444. The SMILES string of the molecule is CSC1CCOCC1CC(C)(C)C. The van der Waals surface area contributed by atoms with Gasteiger partial charge in [-0.15, -0.1) is 0 Å². The molecule has 0 amide bonds. The Labute approximate surface area is 86.6 Å². The predicted molar refractivity (Wildman–Crippen MR) is 60.3 cm³/mol. The van der Waals surface area contributed by atoms with Gasteiger partial charge in [-0.05, 0) is 30.4 Å². The first-order valence-electron chi connectivity index (χ1n) is 5.13. The van der Waals surface area contributed by atoms with E-state index in [4.69, 9.17) is 4.74 Å². The molecule has 1 nitrogen and oxygen atoms in total. The summed E-state index contributed by atoms with van der Waals surface area (Å²) in [6, 6.07) is 0. The van der Waals surface area contributed by atoms with Crippen LogP contribution in [0.15, 0.2) is 0 Å². The lowest BCUT2D eigenvalue weighted by molar-refractivity contribution is 0.0432. The molecule has 1 aliphatic rings. The fourth-order valence-corrected chi connectivity index (χ4v) is 2.96. The Bertz CT molecular complexity index is 151. The van der Waals surface area contributed by atoms with Crippen molar-refractivity contribution < 1.29 is 4.74 Å². The van der Waals surface area contributed by atoms with Crippen molar-refractivity contribution in [3.05, 3.63) is 0 Å². The van der Waals surface area contributed by atoms with E-state index in [0.717, 1.165) is 24.4 Å². The van der Waals surface area contributed by atoms with Crippen LogP contribution >= 0.6 is 11.8 Å². The summed E-state index contributed by atoms with van der Waals surface area (Å²) in [6.45, 7) is 8.89. The summed E-state index contributed by atoms with van der Waals surface area (Å²) in [4.78, 5) is 0. The summed E-state index contributed by atoms with van der Waals surface area (Å²) < 4.78 is 5.55. The third-order valence-corrected chi connectivity index (χ3v) is 3.81. The summed E-state index contributed by atoms with van der Waals surface area (Å²) >= 11 is 2.01. The molecule has 1 heterocycles. The number of rotatable bonds is 2. The Morgan fingerprint density at radius 2 is 2.08 bits per heavy atom. The summed E-state index contributed by atoms with van der Waals surface area (Å²) in [5.74, 6) is 0.767. The van der Waals surface area contributed by atoms with E-state index in [9.17, 15) is 0 Å². The lowest BCUT2D eigenvalue weighted by Crippen LogP contribution is -2.32. The van der Waals surface area contributed by atoms with Crippen LogP contribution in [0.4, 0.5) is 0 Å². The van der Waals surface area contributed by atoms with Crippen LogP contribution in [0.2, 0.25) is 0 Å². The first kappa shape index (κ1) is 11.4. The highest BCUT2D eigenvalue weighted by molar-refractivity contribution is 7.99. The minimum absolute atomic E-state index is 0.444. The molecular formula is C11H22OS. The van der Waals surface area contributed by atoms with E-state index in [1.165, 1.54) is 12.8 Å². The quantitative estimate of drug-likeness (QED) is 0.680. The highest BCUT2D eigenvalue weighted by Crippen LogP contribution is 2.34. The van der Waals surface area contributed by atoms with Crippen molar-refractivity contribution in [1.29, 1.82) is 0 Å². The first-order valence-corrected chi connectivity index (χ1v) is 6.42. The van der Waals surface area contributed by atoms with Gasteiger partial charge in [0.25, 0.3) is 0 Å². The molecule has 0 aromatic rings. The number of ether oxygens (including phenoxy) is 1. The monoisotopic (exact) mass is 202 g/mol. The molecule has 0 radical (unpaired) electrons. The van der Waals surface area contributed by atoms with Crippen LogP contribution in [0, 0.1) is 11.3 Å². The van der Waals surface area contributed by atoms with Gasteiger partial charge in [-0.1, -0.05) is 20.8 Å². The average molecular weight is 202 g/mol. The molecule has 78 valence electrons. The number of thioether (sulfide) groups is 1. The third kappa shape index (κ3) is 3.90. The Kier molecular flexibility index (Phi) is 4.11. The normalized spacial score (nSPS) is 30.5. The largest absolute Gasteiger partial charge is 0.381 e. The summed E-state index contributed by atoms with van der Waals surface area (Å²) in [7, 11) is 0. The van der Waals surface area contributed by atoms with Crippen LogP contribution in [-0.4, -0.2) is 24.7 Å². The van der Waals surface area contributed by atoms with Crippen molar-refractivity contribution in [1.82, 2.24) is 0 Å². The molecule has 0 saturated carbocycles. The molecule has 1 saturated heterocycles. The third-order valence-electron chi connectivity index (χ3n) is 2.58. The lowest BCUT2D eigenvalue weighted by atomic mass is 9.82. The average Bonchev–Trinajstić information content (AvgIpc) is 2.02. The van der Waals surface area contributed by atoms with Gasteiger partial charge >= 0.3 is 0 Å². The molecule has 2 atom stereocenters. The molecule has 0 aromatic carbocycles. The maximum atomic E-state index is 5.55. The van der Waals surface area contributed by atoms with E-state index in [-0.39, 0.29) is 0 Å². The van der Waals surface area contributed by atoms with Gasteiger partial charge in [0.05, 0.1) is 6.61 Å². The van der Waals surface area contributed by atoms with E-state index in [1.54, 1.807) is 0 Å². The van der Waals surface area contributed by atoms with Crippen molar-refractivity contribution in [2.24, 2.45) is 11.3 Å². The highest BCUT2D eigenvalue weighted by Gasteiger charge is 2.28. The van der Waals surface area contributed by atoms with Crippen LogP contribution in [-0.2, 0) is 4.74 Å². The van der Waals surface area contributed by atoms with Crippen LogP contribution in [0.3, 0.4) is 0 Å². The summed E-state index contributed by atoms with van der Waals surface area (Å²) in [5.41, 5.74) is 0.444. The van der Waals surface area contributed by atoms with Gasteiger partial charge in [-0.2, -0.15) is 11.8 Å². The van der Waals surface area contributed by atoms with E-state index < -0.39 is 0 Å². The van der Waals surface area contributed by atoms with Crippen LogP contribution in [0.5, 0.6) is 0 Å². The van der Waals surface area contributed by atoms with Crippen molar-refractivity contribution in [2.75, 3.05) is 19.5 Å². The Hall–Kier alpha value is 0.310. The van der Waals surface area contributed by atoms with Gasteiger partial charge in [0.2, 0.25) is 0 Å². The molecule has 13 heavy (non-hydrogen) atoms. The summed E-state index contributed by atoms with van der Waals surface area (Å²) in [5, 5.41) is 0.827. The van der Waals surface area contributed by atoms with Crippen molar-refractivity contribution in [2.45, 2.75) is 38.9 Å². The molecule has 1 fully saturated rings. The molecule has 0 aliphatic carbocycles. The fraction of sp³-hybridized carbons (Fsp3) is 1.00. The molecule has 1 rings (SSSR count). The smallest absolute Gasteiger partial charge is 0.0505 e. The summed E-state index contributed by atoms with van der Waals surface area (Å²) in [6.07, 6.45) is 4.76. The van der Waals surface area contributed by atoms with E-state index in [1.807, 2.05) is 11.8 Å². The second-order valence-electron chi connectivity index (χ2n) is 5.16. The van der Waals surface area contributed by atoms with Gasteiger partial charge in [-0.25, -0.2) is 0 Å². The molecular weight excluding hydrogens is 180 g/mol. The molecule has 2 unspecified atom stereocenters. The zero-order chi connectivity index (χ0) is 9.90.